The van der Waals surface area contributed by atoms with E-state index in [0.717, 1.165) is 35.5 Å². The van der Waals surface area contributed by atoms with Gasteiger partial charge in [-0.15, -0.1) is 0 Å². The van der Waals surface area contributed by atoms with Crippen LogP contribution in [0.4, 0.5) is 0 Å². The molecule has 6 nitrogen and oxygen atoms in total. The van der Waals surface area contributed by atoms with Gasteiger partial charge >= 0.3 is 0 Å². The third-order valence-corrected chi connectivity index (χ3v) is 5.19. The smallest absolute Gasteiger partial charge is 0.216 e. The van der Waals surface area contributed by atoms with Crippen LogP contribution in [0.15, 0.2) is 29.4 Å². The Balaban J connectivity index is 1.61. The lowest BCUT2D eigenvalue weighted by molar-refractivity contribution is 0.680. The molecule has 1 saturated carbocycles. The highest BCUT2D eigenvalue weighted by Gasteiger charge is 2.29. The van der Waals surface area contributed by atoms with Crippen LogP contribution in [-0.4, -0.2) is 30.9 Å². The number of aryl methyl sites for hydroxylation is 1. The molecule has 1 aliphatic carbocycles. The van der Waals surface area contributed by atoms with Gasteiger partial charge in [-0.2, -0.15) is 20.0 Å². The highest BCUT2D eigenvalue weighted by molar-refractivity contribution is 7.71. The molecule has 1 aliphatic rings. The number of aromatic amines is 1. The van der Waals surface area contributed by atoms with E-state index >= 15 is 0 Å². The first-order valence-electron chi connectivity index (χ1n) is 8.22. The number of rotatable bonds is 5. The second-order valence-corrected chi connectivity index (χ2v) is 7.47. The number of nitrogens with one attached hydrogen (secondary N) is 1. The molecule has 2 aromatic heterocycles. The topological polar surface area (TPSA) is 63.8 Å². The van der Waals surface area contributed by atoms with E-state index in [0.29, 0.717) is 27.4 Å². The minimum Gasteiger partial charge on any atom is -0.250 e. The van der Waals surface area contributed by atoms with Crippen molar-refractivity contribution in [3.05, 3.63) is 61.9 Å². The average Bonchev–Trinajstić information content (AvgIpc) is 3.34. The van der Waals surface area contributed by atoms with Gasteiger partial charge in [0.05, 0.1) is 24.0 Å². The van der Waals surface area contributed by atoms with Crippen molar-refractivity contribution in [3.8, 4) is 0 Å². The molecule has 0 atom stereocenters. The van der Waals surface area contributed by atoms with E-state index in [1.54, 1.807) is 15.6 Å². The maximum atomic E-state index is 6.53. The largest absolute Gasteiger partial charge is 0.250 e. The Morgan fingerprint density at radius 1 is 1.31 bits per heavy atom. The molecule has 0 radical (unpaired) electrons. The van der Waals surface area contributed by atoms with Crippen LogP contribution in [0.3, 0.4) is 0 Å². The van der Waals surface area contributed by atoms with Crippen molar-refractivity contribution in [2.75, 3.05) is 0 Å². The fourth-order valence-electron chi connectivity index (χ4n) is 2.72. The lowest BCUT2D eigenvalue weighted by atomic mass is 10.2. The van der Waals surface area contributed by atoms with E-state index < -0.39 is 0 Å². The minimum atomic E-state index is 0.435. The third kappa shape index (κ3) is 3.47. The number of halogens is 2. The summed E-state index contributed by atoms with van der Waals surface area (Å²) in [5.74, 6) is 1.30. The summed E-state index contributed by atoms with van der Waals surface area (Å²) in [6.45, 7) is 2.46. The lowest BCUT2D eigenvalue weighted by Crippen LogP contribution is -2.02. The Hall–Kier alpha value is -1.96. The van der Waals surface area contributed by atoms with Crippen molar-refractivity contribution in [1.82, 2.24) is 24.7 Å². The number of benzene rings is 1. The summed E-state index contributed by atoms with van der Waals surface area (Å²) in [4.78, 5) is 0. The molecule has 0 spiro atoms. The van der Waals surface area contributed by atoms with Crippen molar-refractivity contribution >= 4 is 41.6 Å². The van der Waals surface area contributed by atoms with Crippen molar-refractivity contribution < 1.29 is 0 Å². The molecular weight excluding hydrogens is 391 g/mol. The van der Waals surface area contributed by atoms with Crippen LogP contribution in [0, 0.1) is 11.7 Å². The minimum absolute atomic E-state index is 0.435. The average molecular weight is 407 g/mol. The Labute approximate surface area is 165 Å². The normalized spacial score (nSPS) is 14.4. The van der Waals surface area contributed by atoms with Crippen molar-refractivity contribution in [2.45, 2.75) is 32.2 Å². The molecule has 0 amide bonds. The molecule has 1 N–H and O–H groups in total. The lowest BCUT2D eigenvalue weighted by Gasteiger charge is -2.03. The van der Waals surface area contributed by atoms with Crippen LogP contribution < -0.4 is 0 Å². The molecule has 1 aromatic carbocycles. The zero-order valence-corrected chi connectivity index (χ0v) is 16.3. The predicted octanol–water partition coefficient (Wildman–Crippen LogP) is 4.56. The van der Waals surface area contributed by atoms with E-state index in [4.69, 9.17) is 35.4 Å². The highest BCUT2D eigenvalue weighted by atomic mass is 35.5. The van der Waals surface area contributed by atoms with E-state index in [1.807, 2.05) is 31.2 Å². The molecular formula is C17H16Cl2N6S. The summed E-state index contributed by atoms with van der Waals surface area (Å²) in [6, 6.07) is 7.61. The van der Waals surface area contributed by atoms with Gasteiger partial charge in [-0.3, -0.25) is 5.10 Å². The van der Waals surface area contributed by atoms with E-state index in [-0.39, 0.29) is 0 Å². The molecule has 134 valence electrons. The van der Waals surface area contributed by atoms with Crippen molar-refractivity contribution in [3.63, 3.8) is 0 Å². The maximum absolute atomic E-state index is 6.53. The fourth-order valence-corrected chi connectivity index (χ4v) is 3.31. The highest BCUT2D eigenvalue weighted by Crippen LogP contribution is 2.38. The van der Waals surface area contributed by atoms with Gasteiger partial charge in [0.1, 0.15) is 5.15 Å². The van der Waals surface area contributed by atoms with Crippen LogP contribution in [-0.2, 0) is 6.54 Å². The van der Waals surface area contributed by atoms with Gasteiger partial charge in [-0.05, 0) is 49.7 Å². The standard InChI is InChI=1S/C17H16Cl2N6S/c1-10-14(8-20-25-16(12-4-5-12)21-22-17(25)26)15(19)24(23-10)9-11-2-6-13(18)7-3-11/h2-3,6-8,12H,4-5,9H2,1H3,(H,22,26)/b20-8-. The van der Waals surface area contributed by atoms with Crippen molar-refractivity contribution in [2.24, 2.45) is 5.10 Å². The first-order chi connectivity index (χ1) is 12.5. The molecule has 3 aromatic rings. The predicted molar refractivity (Wildman–Crippen MR) is 105 cm³/mol. The van der Waals surface area contributed by atoms with Crippen LogP contribution in [0.25, 0.3) is 0 Å². The second kappa shape index (κ2) is 6.98. The molecule has 0 bridgehead atoms. The zero-order chi connectivity index (χ0) is 18.3. The summed E-state index contributed by atoms with van der Waals surface area (Å²) in [6.07, 6.45) is 3.93. The zero-order valence-electron chi connectivity index (χ0n) is 14.0. The summed E-state index contributed by atoms with van der Waals surface area (Å²) >= 11 is 17.7. The van der Waals surface area contributed by atoms with Gasteiger partial charge in [0.15, 0.2) is 5.82 Å². The number of aromatic nitrogens is 5. The molecule has 2 heterocycles. The fraction of sp³-hybridized carbons (Fsp3) is 0.294. The number of hydrogen-bond acceptors (Lipinski definition) is 4. The summed E-state index contributed by atoms with van der Waals surface area (Å²) < 4.78 is 3.89. The molecule has 0 aliphatic heterocycles. The van der Waals surface area contributed by atoms with Gasteiger partial charge in [-0.25, -0.2) is 4.68 Å². The molecule has 1 fully saturated rings. The molecule has 0 unspecified atom stereocenters. The summed E-state index contributed by atoms with van der Waals surface area (Å²) in [7, 11) is 0. The molecule has 9 heteroatoms. The third-order valence-electron chi connectivity index (χ3n) is 4.28. The Bertz CT molecular complexity index is 1030. The first kappa shape index (κ1) is 17.5. The van der Waals surface area contributed by atoms with Crippen LogP contribution >= 0.6 is 35.4 Å². The SMILES string of the molecule is Cc1nn(Cc2ccc(Cl)cc2)c(Cl)c1/C=N\n1c(C2CC2)n[nH]c1=S. The molecule has 4 rings (SSSR count). The van der Waals surface area contributed by atoms with Crippen LogP contribution in [0.5, 0.6) is 0 Å². The molecule has 26 heavy (non-hydrogen) atoms. The van der Waals surface area contributed by atoms with Gasteiger partial charge in [0.25, 0.3) is 0 Å². The Morgan fingerprint density at radius 3 is 2.73 bits per heavy atom. The summed E-state index contributed by atoms with van der Waals surface area (Å²) in [5, 5.41) is 17.3. The van der Waals surface area contributed by atoms with Gasteiger partial charge in [-0.1, -0.05) is 35.3 Å². The van der Waals surface area contributed by atoms with Gasteiger partial charge < -0.3 is 0 Å². The second-order valence-electron chi connectivity index (χ2n) is 6.29. The number of hydrogen-bond donors (Lipinski definition) is 1. The number of H-pyrrole nitrogens is 1. The molecule has 0 saturated heterocycles. The van der Waals surface area contributed by atoms with E-state index in [2.05, 4.69) is 20.4 Å². The summed E-state index contributed by atoms with van der Waals surface area (Å²) in [5.41, 5.74) is 2.64. The Kier molecular flexibility index (Phi) is 4.69. The van der Waals surface area contributed by atoms with Gasteiger partial charge in [0.2, 0.25) is 4.77 Å². The first-order valence-corrected chi connectivity index (χ1v) is 9.38. The maximum Gasteiger partial charge on any atom is 0.216 e. The van der Waals surface area contributed by atoms with Gasteiger partial charge in [0, 0.05) is 10.9 Å². The monoisotopic (exact) mass is 406 g/mol. The number of nitrogens with zero attached hydrogens (tertiary/aromatic N) is 5. The van der Waals surface area contributed by atoms with Crippen LogP contribution in [0.1, 0.15) is 41.4 Å². The quantitative estimate of drug-likeness (QED) is 0.498. The van der Waals surface area contributed by atoms with E-state index in [9.17, 15) is 0 Å². The van der Waals surface area contributed by atoms with Crippen LogP contribution in [0.2, 0.25) is 10.2 Å². The van der Waals surface area contributed by atoms with Crippen molar-refractivity contribution in [1.29, 1.82) is 0 Å². The Morgan fingerprint density at radius 2 is 2.04 bits per heavy atom. The van der Waals surface area contributed by atoms with E-state index in [1.165, 1.54) is 0 Å².